The highest BCUT2D eigenvalue weighted by atomic mass is 32.2. The number of nitrogens with zero attached hydrogens (tertiary/aromatic N) is 2. The van der Waals surface area contributed by atoms with E-state index in [0.29, 0.717) is 6.42 Å². The highest BCUT2D eigenvalue weighted by Gasteiger charge is 2.29. The minimum absolute atomic E-state index is 0.00653. The van der Waals surface area contributed by atoms with Gasteiger partial charge < -0.3 is 0 Å². The van der Waals surface area contributed by atoms with Crippen molar-refractivity contribution in [1.82, 2.24) is 4.31 Å². The van der Waals surface area contributed by atoms with Gasteiger partial charge in [-0.2, -0.15) is 4.31 Å². The molecule has 0 heterocycles. The summed E-state index contributed by atoms with van der Waals surface area (Å²) in [5, 5.41) is 10.9. The largest absolute Gasteiger partial charge is 0.266 e. The van der Waals surface area contributed by atoms with Crippen molar-refractivity contribution in [3.63, 3.8) is 0 Å². The van der Waals surface area contributed by atoms with E-state index in [0.717, 1.165) is 24.8 Å². The molecule has 0 bridgehead atoms. The number of unbranched alkanes of at least 4 members (excludes halogenated alkanes) is 2. The quantitative estimate of drug-likeness (QED) is 0.181. The molecule has 1 aromatic rings. The fraction of sp³-hybridized carbons (Fsp3) is 0.391. The number of sulfonamides is 1. The Morgan fingerprint density at radius 2 is 2.00 bits per heavy atom. The Morgan fingerprint density at radius 3 is 2.57 bits per heavy atom. The Bertz CT molecular complexity index is 982. The lowest BCUT2D eigenvalue weighted by atomic mass is 10.1. The van der Waals surface area contributed by atoms with Crippen LogP contribution in [0.1, 0.15) is 38.2 Å². The summed E-state index contributed by atoms with van der Waals surface area (Å²) in [7, 11) is -3.77. The Hall–Kier alpha value is -2.69. The van der Waals surface area contributed by atoms with Crippen LogP contribution >= 0.6 is 0 Å². The van der Waals surface area contributed by atoms with Crippen LogP contribution in [0.25, 0.3) is 0 Å². The van der Waals surface area contributed by atoms with Crippen LogP contribution in [0.2, 0.25) is 0 Å². The van der Waals surface area contributed by atoms with Crippen molar-refractivity contribution in [3.8, 4) is 11.8 Å². The number of benzene rings is 1. The first-order valence-corrected chi connectivity index (χ1v) is 11.5. The zero-order chi connectivity index (χ0) is 22.1. The normalized spacial score (nSPS) is 16.6. The Labute approximate surface area is 179 Å². The van der Waals surface area contributed by atoms with Crippen molar-refractivity contribution in [3.05, 3.63) is 76.5 Å². The van der Waals surface area contributed by atoms with E-state index in [1.54, 1.807) is 36.4 Å². The number of hydrogen-bond donors (Lipinski definition) is 0. The minimum atomic E-state index is -3.77. The second kappa shape index (κ2) is 10.9. The predicted molar refractivity (Wildman–Crippen MR) is 119 cm³/mol. The fourth-order valence-corrected chi connectivity index (χ4v) is 4.69. The first kappa shape index (κ1) is 23.6. The van der Waals surface area contributed by atoms with Crippen LogP contribution in [0.15, 0.2) is 65.7 Å². The average Bonchev–Trinajstić information content (AvgIpc) is 3.19. The van der Waals surface area contributed by atoms with E-state index in [1.807, 2.05) is 6.92 Å². The highest BCUT2D eigenvalue weighted by Crippen LogP contribution is 2.22. The van der Waals surface area contributed by atoms with Crippen LogP contribution in [0.3, 0.4) is 0 Å². The van der Waals surface area contributed by atoms with Crippen LogP contribution in [0.5, 0.6) is 0 Å². The van der Waals surface area contributed by atoms with E-state index in [9.17, 15) is 18.5 Å². The maximum Gasteiger partial charge on any atom is 0.266 e. The molecule has 0 spiro atoms. The zero-order valence-electron chi connectivity index (χ0n) is 17.5. The predicted octanol–water partition coefficient (Wildman–Crippen LogP) is 4.47. The number of rotatable bonds is 10. The van der Waals surface area contributed by atoms with E-state index in [4.69, 9.17) is 0 Å². The molecule has 0 amide bonds. The first-order valence-electron chi connectivity index (χ1n) is 10.0. The monoisotopic (exact) mass is 428 g/mol. The van der Waals surface area contributed by atoms with E-state index in [-0.39, 0.29) is 17.1 Å². The molecule has 0 fully saturated rings. The first-order chi connectivity index (χ1) is 14.3. The van der Waals surface area contributed by atoms with Gasteiger partial charge in [-0.25, -0.2) is 8.42 Å². The minimum Gasteiger partial charge on any atom is -0.258 e. The van der Waals surface area contributed by atoms with Gasteiger partial charge in [0.15, 0.2) is 0 Å². The molecular formula is C23H28N2O4S. The molecule has 30 heavy (non-hydrogen) atoms. The standard InChI is InChI=1S/C23H28N2O4S/c1-4-6-7-8-21(13-11-20-12-14-22(18-20)25(26)27)24(17-5-2)30(28,29)23-15-9-19(3)10-16-23/h5,9-10,12,14-16,18,20-21H,2,4,6-8,17H2,1,3H3. The van der Waals surface area contributed by atoms with E-state index in [2.05, 4.69) is 25.3 Å². The molecule has 160 valence electrons. The van der Waals surface area contributed by atoms with Crippen molar-refractivity contribution < 1.29 is 13.3 Å². The van der Waals surface area contributed by atoms with Crippen LogP contribution in [0, 0.1) is 34.8 Å². The summed E-state index contributed by atoms with van der Waals surface area (Å²) in [5.41, 5.74) is 0.983. The second-order valence-corrected chi connectivity index (χ2v) is 9.10. The summed E-state index contributed by atoms with van der Waals surface area (Å²) < 4.78 is 28.1. The smallest absolute Gasteiger partial charge is 0.258 e. The molecule has 6 nitrogen and oxygen atoms in total. The molecule has 7 heteroatoms. The summed E-state index contributed by atoms with van der Waals surface area (Å²) in [4.78, 5) is 10.7. The molecule has 1 aromatic carbocycles. The summed E-state index contributed by atoms with van der Waals surface area (Å²) in [5.74, 6) is 5.69. The average molecular weight is 429 g/mol. The van der Waals surface area contributed by atoms with Gasteiger partial charge in [0.2, 0.25) is 10.0 Å². The fourth-order valence-electron chi connectivity index (χ4n) is 3.14. The van der Waals surface area contributed by atoms with Crippen molar-refractivity contribution in [2.45, 2.75) is 50.5 Å². The Kier molecular flexibility index (Phi) is 8.58. The van der Waals surface area contributed by atoms with Gasteiger partial charge in [-0.3, -0.25) is 10.1 Å². The summed E-state index contributed by atoms with van der Waals surface area (Å²) in [6.07, 6.45) is 9.51. The van der Waals surface area contributed by atoms with E-state index >= 15 is 0 Å². The number of aryl methyl sites for hydroxylation is 1. The van der Waals surface area contributed by atoms with E-state index < -0.39 is 26.9 Å². The molecule has 1 aliphatic rings. The molecule has 2 unspecified atom stereocenters. The second-order valence-electron chi connectivity index (χ2n) is 7.21. The van der Waals surface area contributed by atoms with Crippen molar-refractivity contribution in [2.24, 2.45) is 5.92 Å². The molecule has 0 saturated heterocycles. The van der Waals surface area contributed by atoms with Gasteiger partial charge in [0, 0.05) is 18.7 Å². The molecule has 2 rings (SSSR count). The summed E-state index contributed by atoms with van der Waals surface area (Å²) in [6.45, 7) is 7.84. The van der Waals surface area contributed by atoms with Crippen molar-refractivity contribution in [2.75, 3.05) is 6.54 Å². The van der Waals surface area contributed by atoms with Gasteiger partial charge in [0.25, 0.3) is 5.70 Å². The maximum atomic E-state index is 13.3. The molecular weight excluding hydrogens is 400 g/mol. The van der Waals surface area contributed by atoms with Gasteiger partial charge in [-0.05, 0) is 25.5 Å². The van der Waals surface area contributed by atoms with Gasteiger partial charge in [0.1, 0.15) is 0 Å². The van der Waals surface area contributed by atoms with Gasteiger partial charge in [-0.15, -0.1) is 6.58 Å². The highest BCUT2D eigenvalue weighted by molar-refractivity contribution is 7.89. The molecule has 2 atom stereocenters. The topological polar surface area (TPSA) is 80.5 Å². The third-order valence-electron chi connectivity index (χ3n) is 4.82. The lowest BCUT2D eigenvalue weighted by Crippen LogP contribution is -2.39. The summed E-state index contributed by atoms with van der Waals surface area (Å²) in [6, 6.07) is 6.20. The molecule has 0 radical (unpaired) electrons. The molecule has 0 aromatic heterocycles. The lowest BCUT2D eigenvalue weighted by Gasteiger charge is -2.27. The molecule has 0 aliphatic heterocycles. The third kappa shape index (κ3) is 6.15. The van der Waals surface area contributed by atoms with Crippen LogP contribution in [0.4, 0.5) is 0 Å². The number of allylic oxidation sites excluding steroid dienone is 3. The van der Waals surface area contributed by atoms with Crippen LogP contribution in [-0.2, 0) is 10.0 Å². The van der Waals surface area contributed by atoms with Gasteiger partial charge in [0.05, 0.1) is 21.8 Å². The van der Waals surface area contributed by atoms with Gasteiger partial charge in [-0.1, -0.05) is 67.9 Å². The van der Waals surface area contributed by atoms with Crippen molar-refractivity contribution >= 4 is 10.0 Å². The maximum absolute atomic E-state index is 13.3. The zero-order valence-corrected chi connectivity index (χ0v) is 18.3. The third-order valence-corrected chi connectivity index (χ3v) is 6.71. The van der Waals surface area contributed by atoms with Crippen molar-refractivity contribution in [1.29, 1.82) is 0 Å². The summed E-state index contributed by atoms with van der Waals surface area (Å²) >= 11 is 0. The van der Waals surface area contributed by atoms with Crippen LogP contribution in [-0.4, -0.2) is 30.2 Å². The Balaban J connectivity index is 2.37. The number of nitro groups is 1. The number of hydrogen-bond acceptors (Lipinski definition) is 4. The SMILES string of the molecule is C=CCN(C(C#CC1C=CC([N+](=O)[O-])=C1)CCCCC)S(=O)(=O)c1ccc(C)cc1. The Morgan fingerprint density at radius 1 is 1.30 bits per heavy atom. The van der Waals surface area contributed by atoms with Gasteiger partial charge >= 0.3 is 0 Å². The molecule has 1 aliphatic carbocycles. The lowest BCUT2D eigenvalue weighted by molar-refractivity contribution is -0.418. The molecule has 0 saturated carbocycles. The van der Waals surface area contributed by atoms with E-state index in [1.165, 1.54) is 16.5 Å². The van der Waals surface area contributed by atoms with Crippen LogP contribution < -0.4 is 0 Å². The molecule has 0 N–H and O–H groups in total.